The third-order valence-corrected chi connectivity index (χ3v) is 4.70. The van der Waals surface area contributed by atoms with Crippen LogP contribution in [0.1, 0.15) is 26.3 Å². The minimum Gasteiger partial charge on any atom is -0.422 e. The maximum atomic E-state index is 12.4. The number of esters is 1. The topological polar surface area (TPSA) is 43.4 Å². The van der Waals surface area contributed by atoms with Crippen LogP contribution >= 0.6 is 27.5 Å². The normalized spacial score (nSPS) is 10.7. The van der Waals surface area contributed by atoms with E-state index in [-0.39, 0.29) is 5.78 Å². The fourth-order valence-electron chi connectivity index (χ4n) is 2.37. The molecule has 0 saturated heterocycles. The number of ether oxygens (including phenoxy) is 1. The molecule has 134 valence electrons. The molecule has 3 aromatic rings. The molecule has 0 spiro atoms. The molecule has 27 heavy (non-hydrogen) atoms. The summed E-state index contributed by atoms with van der Waals surface area (Å²) in [7, 11) is 0. The standard InChI is InChI=1S/C22H14BrClO3/c23-19-7-3-2-6-18(19)22(26)27-21-8-4-1-5-16(21)11-14-20(25)15-9-12-17(24)13-10-15/h1-14H. The summed E-state index contributed by atoms with van der Waals surface area (Å²) >= 11 is 9.18. The van der Waals surface area contributed by atoms with Gasteiger partial charge in [0.1, 0.15) is 5.75 Å². The maximum absolute atomic E-state index is 12.4. The van der Waals surface area contributed by atoms with Crippen LogP contribution in [0.5, 0.6) is 5.75 Å². The van der Waals surface area contributed by atoms with E-state index in [2.05, 4.69) is 15.9 Å². The zero-order valence-corrected chi connectivity index (χ0v) is 16.4. The van der Waals surface area contributed by atoms with Gasteiger partial charge in [0.15, 0.2) is 5.78 Å². The largest absolute Gasteiger partial charge is 0.422 e. The molecule has 3 aromatic carbocycles. The summed E-state index contributed by atoms with van der Waals surface area (Å²) in [4.78, 5) is 24.7. The van der Waals surface area contributed by atoms with E-state index in [0.717, 1.165) is 0 Å². The monoisotopic (exact) mass is 440 g/mol. The van der Waals surface area contributed by atoms with Gasteiger partial charge in [0.05, 0.1) is 5.56 Å². The lowest BCUT2D eigenvalue weighted by atomic mass is 10.1. The Morgan fingerprint density at radius 1 is 0.889 bits per heavy atom. The van der Waals surface area contributed by atoms with Gasteiger partial charge in [0.2, 0.25) is 0 Å². The predicted molar refractivity (Wildman–Crippen MR) is 110 cm³/mol. The van der Waals surface area contributed by atoms with Gasteiger partial charge in [-0.05, 0) is 70.5 Å². The molecule has 0 bridgehead atoms. The molecule has 0 fully saturated rings. The molecule has 0 radical (unpaired) electrons. The Bertz CT molecular complexity index is 1010. The SMILES string of the molecule is O=C(C=Cc1ccccc1OC(=O)c1ccccc1Br)c1ccc(Cl)cc1. The first kappa shape index (κ1) is 19.1. The van der Waals surface area contributed by atoms with E-state index in [0.29, 0.717) is 31.9 Å². The Hall–Kier alpha value is -2.69. The number of allylic oxidation sites excluding steroid dienone is 1. The van der Waals surface area contributed by atoms with E-state index in [9.17, 15) is 9.59 Å². The van der Waals surface area contributed by atoms with Crippen molar-refractivity contribution in [1.29, 1.82) is 0 Å². The van der Waals surface area contributed by atoms with Crippen LogP contribution in [0.2, 0.25) is 5.02 Å². The second-order valence-corrected chi connectivity index (χ2v) is 6.90. The molecule has 0 N–H and O–H groups in total. The highest BCUT2D eigenvalue weighted by atomic mass is 79.9. The molecule has 0 atom stereocenters. The van der Waals surface area contributed by atoms with E-state index in [1.54, 1.807) is 66.7 Å². The van der Waals surface area contributed by atoms with Crippen molar-refractivity contribution in [2.45, 2.75) is 0 Å². The van der Waals surface area contributed by atoms with Crippen molar-refractivity contribution in [3.05, 3.63) is 105 Å². The van der Waals surface area contributed by atoms with Crippen LogP contribution in [0, 0.1) is 0 Å². The van der Waals surface area contributed by atoms with Crippen LogP contribution in [0.4, 0.5) is 0 Å². The van der Waals surface area contributed by atoms with Crippen molar-refractivity contribution in [3.63, 3.8) is 0 Å². The molecule has 0 aliphatic rings. The summed E-state index contributed by atoms with van der Waals surface area (Å²) in [6.45, 7) is 0. The third-order valence-electron chi connectivity index (χ3n) is 3.76. The highest BCUT2D eigenvalue weighted by Gasteiger charge is 2.13. The summed E-state index contributed by atoms with van der Waals surface area (Å²) in [6.07, 6.45) is 3.06. The Morgan fingerprint density at radius 3 is 2.30 bits per heavy atom. The van der Waals surface area contributed by atoms with E-state index < -0.39 is 5.97 Å². The molecule has 0 aliphatic heterocycles. The number of carbonyl (C=O) groups excluding carboxylic acids is 2. The first-order valence-electron chi connectivity index (χ1n) is 8.08. The molecular formula is C22H14BrClO3. The molecule has 0 unspecified atom stereocenters. The number of hydrogen-bond acceptors (Lipinski definition) is 3. The van der Waals surface area contributed by atoms with Gasteiger partial charge in [-0.1, -0.05) is 41.9 Å². The zero-order valence-electron chi connectivity index (χ0n) is 14.1. The summed E-state index contributed by atoms with van der Waals surface area (Å²) in [5, 5.41) is 0.569. The Balaban J connectivity index is 1.80. The molecule has 0 amide bonds. The molecule has 3 nitrogen and oxygen atoms in total. The lowest BCUT2D eigenvalue weighted by Crippen LogP contribution is -2.09. The maximum Gasteiger partial charge on any atom is 0.344 e. The zero-order chi connectivity index (χ0) is 19.2. The summed E-state index contributed by atoms with van der Waals surface area (Å²) in [5.74, 6) is -0.274. The van der Waals surface area contributed by atoms with Crippen molar-refractivity contribution in [1.82, 2.24) is 0 Å². The Labute approximate surface area is 170 Å². The van der Waals surface area contributed by atoms with Crippen LogP contribution in [0.25, 0.3) is 6.08 Å². The van der Waals surface area contributed by atoms with Crippen molar-refractivity contribution in [2.24, 2.45) is 0 Å². The number of halogens is 2. The van der Waals surface area contributed by atoms with Crippen LogP contribution in [0.3, 0.4) is 0 Å². The van der Waals surface area contributed by atoms with Crippen LogP contribution < -0.4 is 4.74 Å². The average molecular weight is 442 g/mol. The van der Waals surface area contributed by atoms with Gasteiger partial charge in [-0.15, -0.1) is 0 Å². The van der Waals surface area contributed by atoms with Crippen molar-refractivity contribution < 1.29 is 14.3 Å². The minimum atomic E-state index is -0.479. The van der Waals surface area contributed by atoms with E-state index in [4.69, 9.17) is 16.3 Å². The predicted octanol–water partition coefficient (Wildman–Crippen LogP) is 6.22. The Morgan fingerprint density at radius 2 is 1.56 bits per heavy atom. The number of rotatable bonds is 5. The van der Waals surface area contributed by atoms with Gasteiger partial charge < -0.3 is 4.74 Å². The summed E-state index contributed by atoms with van der Waals surface area (Å²) in [6, 6.07) is 20.7. The molecular weight excluding hydrogens is 428 g/mol. The van der Waals surface area contributed by atoms with Gasteiger partial charge in [0.25, 0.3) is 0 Å². The smallest absolute Gasteiger partial charge is 0.344 e. The van der Waals surface area contributed by atoms with Crippen LogP contribution in [-0.4, -0.2) is 11.8 Å². The average Bonchev–Trinajstić information content (AvgIpc) is 2.68. The number of ketones is 1. The van der Waals surface area contributed by atoms with E-state index in [1.165, 1.54) is 6.08 Å². The molecule has 0 saturated carbocycles. The second kappa shape index (κ2) is 8.80. The number of benzene rings is 3. The quantitative estimate of drug-likeness (QED) is 0.204. The van der Waals surface area contributed by atoms with E-state index in [1.807, 2.05) is 12.1 Å². The molecule has 0 heterocycles. The van der Waals surface area contributed by atoms with Gasteiger partial charge in [-0.3, -0.25) is 4.79 Å². The fraction of sp³-hybridized carbons (Fsp3) is 0. The van der Waals surface area contributed by atoms with Gasteiger partial charge in [0, 0.05) is 20.6 Å². The summed E-state index contributed by atoms with van der Waals surface area (Å²) < 4.78 is 6.17. The highest BCUT2D eigenvalue weighted by Crippen LogP contribution is 2.23. The van der Waals surface area contributed by atoms with Crippen molar-refractivity contribution in [3.8, 4) is 5.75 Å². The Kier molecular flexibility index (Phi) is 6.22. The molecule has 0 aromatic heterocycles. The van der Waals surface area contributed by atoms with Crippen LogP contribution in [0.15, 0.2) is 83.3 Å². The molecule has 0 aliphatic carbocycles. The molecule has 5 heteroatoms. The highest BCUT2D eigenvalue weighted by molar-refractivity contribution is 9.10. The number of carbonyl (C=O) groups is 2. The molecule has 3 rings (SSSR count). The first-order valence-corrected chi connectivity index (χ1v) is 9.25. The summed E-state index contributed by atoms with van der Waals surface area (Å²) in [5.41, 5.74) is 1.58. The fourth-order valence-corrected chi connectivity index (χ4v) is 2.94. The lowest BCUT2D eigenvalue weighted by molar-refractivity contribution is 0.0733. The minimum absolute atomic E-state index is 0.168. The van der Waals surface area contributed by atoms with Gasteiger partial charge in [-0.25, -0.2) is 4.79 Å². The van der Waals surface area contributed by atoms with Crippen molar-refractivity contribution in [2.75, 3.05) is 0 Å². The van der Waals surface area contributed by atoms with E-state index >= 15 is 0 Å². The number of hydrogen-bond donors (Lipinski definition) is 0. The van der Waals surface area contributed by atoms with Crippen LogP contribution in [-0.2, 0) is 0 Å². The number of para-hydroxylation sites is 1. The van der Waals surface area contributed by atoms with Gasteiger partial charge in [-0.2, -0.15) is 0 Å². The van der Waals surface area contributed by atoms with Crippen molar-refractivity contribution >= 4 is 45.4 Å². The van der Waals surface area contributed by atoms with Gasteiger partial charge >= 0.3 is 5.97 Å². The second-order valence-electron chi connectivity index (χ2n) is 5.61. The first-order chi connectivity index (χ1) is 13.0. The lowest BCUT2D eigenvalue weighted by Gasteiger charge is -2.08. The third kappa shape index (κ3) is 4.94.